The first kappa shape index (κ1) is 21.0. The fourth-order valence-corrected chi connectivity index (χ4v) is 3.64. The Hall–Kier alpha value is -3.30. The Morgan fingerprint density at radius 3 is 2.13 bits per heavy atom. The molecule has 9 nitrogen and oxygen atoms in total. The monoisotopic (exact) mass is 428 g/mol. The van der Waals surface area contributed by atoms with E-state index in [0.717, 1.165) is 0 Å². The zero-order chi connectivity index (χ0) is 21.8. The summed E-state index contributed by atoms with van der Waals surface area (Å²) in [4.78, 5) is 24.8. The second-order valence-electron chi connectivity index (χ2n) is 7.20. The molecular weight excluding hydrogens is 404 g/mol. The van der Waals surface area contributed by atoms with E-state index < -0.39 is 18.3 Å². The van der Waals surface area contributed by atoms with Crippen LogP contribution in [0.3, 0.4) is 0 Å². The molecule has 0 saturated carbocycles. The highest BCUT2D eigenvalue weighted by Crippen LogP contribution is 2.29. The predicted octanol–water partition coefficient (Wildman–Crippen LogP) is 2.22. The molecule has 0 aliphatic carbocycles. The number of carbonyl (C=O) groups excluding carboxylic acids is 2. The van der Waals surface area contributed by atoms with Crippen molar-refractivity contribution in [1.82, 2.24) is 5.32 Å². The van der Waals surface area contributed by atoms with Gasteiger partial charge < -0.3 is 29.0 Å². The van der Waals surface area contributed by atoms with E-state index in [1.54, 1.807) is 62.8 Å². The van der Waals surface area contributed by atoms with Gasteiger partial charge in [-0.1, -0.05) is 0 Å². The average molecular weight is 428 g/mol. The van der Waals surface area contributed by atoms with E-state index in [1.807, 2.05) is 0 Å². The molecule has 4 rings (SSSR count). The SMILES string of the molecule is COc1ccc(NC(=O)OC2COC3C(NC(=O)c4ccc(OC)cc4)COC23)cc1. The van der Waals surface area contributed by atoms with E-state index in [1.165, 1.54) is 0 Å². The standard InChI is InChI=1S/C22H24N2O7/c1-27-15-7-3-13(4-8-15)21(25)24-17-11-29-20-18(12-30-19(17)20)31-22(26)23-14-5-9-16(28-2)10-6-14/h3-10,17-20H,11-12H2,1-2H3,(H,23,26)(H,24,25). The van der Waals surface area contributed by atoms with Gasteiger partial charge in [0.1, 0.15) is 23.7 Å². The van der Waals surface area contributed by atoms with Crippen LogP contribution in [0.1, 0.15) is 10.4 Å². The molecule has 0 radical (unpaired) electrons. The number of ether oxygens (including phenoxy) is 5. The highest BCUT2D eigenvalue weighted by molar-refractivity contribution is 5.94. The van der Waals surface area contributed by atoms with Crippen LogP contribution < -0.4 is 20.1 Å². The smallest absolute Gasteiger partial charge is 0.412 e. The van der Waals surface area contributed by atoms with Crippen LogP contribution in [0, 0.1) is 0 Å². The molecule has 2 amide bonds. The van der Waals surface area contributed by atoms with Crippen molar-refractivity contribution in [2.45, 2.75) is 24.4 Å². The maximum absolute atomic E-state index is 12.5. The van der Waals surface area contributed by atoms with Crippen LogP contribution in [0.15, 0.2) is 48.5 Å². The summed E-state index contributed by atoms with van der Waals surface area (Å²) in [5, 5.41) is 5.60. The quantitative estimate of drug-likeness (QED) is 0.727. The molecule has 0 aromatic heterocycles. The summed E-state index contributed by atoms with van der Waals surface area (Å²) < 4.78 is 27.2. The second-order valence-corrected chi connectivity index (χ2v) is 7.20. The van der Waals surface area contributed by atoms with Crippen LogP contribution in [0.25, 0.3) is 0 Å². The lowest BCUT2D eigenvalue weighted by atomic mass is 10.1. The lowest BCUT2D eigenvalue weighted by Gasteiger charge is -2.18. The largest absolute Gasteiger partial charge is 0.497 e. The summed E-state index contributed by atoms with van der Waals surface area (Å²) in [6.45, 7) is 0.470. The van der Waals surface area contributed by atoms with E-state index in [2.05, 4.69) is 10.6 Å². The number of fused-ring (bicyclic) bond motifs is 1. The summed E-state index contributed by atoms with van der Waals surface area (Å²) in [6, 6.07) is 13.4. The lowest BCUT2D eigenvalue weighted by molar-refractivity contribution is 0.00862. The summed E-state index contributed by atoms with van der Waals surface area (Å²) in [6.07, 6.45) is -2.00. The van der Waals surface area contributed by atoms with Crippen LogP contribution in [-0.2, 0) is 14.2 Å². The van der Waals surface area contributed by atoms with Crippen molar-refractivity contribution >= 4 is 17.7 Å². The van der Waals surface area contributed by atoms with E-state index in [4.69, 9.17) is 23.7 Å². The number of hydrogen-bond donors (Lipinski definition) is 2. The molecule has 2 aliphatic rings. The van der Waals surface area contributed by atoms with Gasteiger partial charge in [0.05, 0.1) is 33.5 Å². The summed E-state index contributed by atoms with van der Waals surface area (Å²) in [5.41, 5.74) is 1.09. The highest BCUT2D eigenvalue weighted by Gasteiger charge is 2.50. The first-order valence-corrected chi connectivity index (χ1v) is 9.87. The highest BCUT2D eigenvalue weighted by atomic mass is 16.6. The number of anilines is 1. The van der Waals surface area contributed by atoms with Gasteiger partial charge in [-0.3, -0.25) is 10.1 Å². The van der Waals surface area contributed by atoms with Gasteiger partial charge in [-0.2, -0.15) is 0 Å². The van der Waals surface area contributed by atoms with Crippen LogP contribution in [-0.4, -0.2) is 63.8 Å². The van der Waals surface area contributed by atoms with Gasteiger partial charge in [0.25, 0.3) is 5.91 Å². The number of hydrogen-bond acceptors (Lipinski definition) is 7. The predicted molar refractivity (Wildman–Crippen MR) is 111 cm³/mol. The number of amides is 2. The van der Waals surface area contributed by atoms with Gasteiger partial charge in [-0.15, -0.1) is 0 Å². The maximum Gasteiger partial charge on any atom is 0.412 e. The normalized spacial score (nSPS) is 24.2. The fraction of sp³-hybridized carbons (Fsp3) is 0.364. The van der Waals surface area contributed by atoms with Crippen LogP contribution >= 0.6 is 0 Å². The molecule has 2 aromatic carbocycles. The molecule has 31 heavy (non-hydrogen) atoms. The first-order chi connectivity index (χ1) is 15.1. The van der Waals surface area contributed by atoms with E-state index >= 15 is 0 Å². The maximum atomic E-state index is 12.5. The van der Waals surface area contributed by atoms with E-state index in [9.17, 15) is 9.59 Å². The Kier molecular flexibility index (Phi) is 6.24. The van der Waals surface area contributed by atoms with E-state index in [0.29, 0.717) is 22.7 Å². The van der Waals surface area contributed by atoms with Crippen LogP contribution in [0.5, 0.6) is 11.5 Å². The zero-order valence-electron chi connectivity index (χ0n) is 17.2. The molecule has 2 N–H and O–H groups in total. The van der Waals surface area contributed by atoms with Crippen molar-refractivity contribution in [2.24, 2.45) is 0 Å². The Bertz CT molecular complexity index is 916. The topological polar surface area (TPSA) is 104 Å². The summed E-state index contributed by atoms with van der Waals surface area (Å²) in [5.74, 6) is 1.13. The average Bonchev–Trinajstić information content (AvgIpc) is 3.37. The van der Waals surface area contributed by atoms with Crippen molar-refractivity contribution in [3.8, 4) is 11.5 Å². The summed E-state index contributed by atoms with van der Waals surface area (Å²) >= 11 is 0. The fourth-order valence-electron chi connectivity index (χ4n) is 3.64. The minimum atomic E-state index is -0.603. The number of benzene rings is 2. The molecule has 0 bridgehead atoms. The molecule has 164 valence electrons. The molecule has 0 spiro atoms. The van der Waals surface area contributed by atoms with Gasteiger partial charge in [-0.05, 0) is 48.5 Å². The molecule has 4 atom stereocenters. The van der Waals surface area contributed by atoms with Crippen molar-refractivity contribution in [1.29, 1.82) is 0 Å². The lowest BCUT2D eigenvalue weighted by Crippen LogP contribution is -2.44. The minimum Gasteiger partial charge on any atom is -0.497 e. The second kappa shape index (κ2) is 9.23. The molecule has 4 unspecified atom stereocenters. The Labute approximate surface area is 179 Å². The Morgan fingerprint density at radius 1 is 0.871 bits per heavy atom. The molecule has 2 fully saturated rings. The molecule has 2 aliphatic heterocycles. The third-order valence-corrected chi connectivity index (χ3v) is 5.27. The third kappa shape index (κ3) is 4.73. The van der Waals surface area contributed by atoms with Gasteiger partial charge in [-0.25, -0.2) is 4.79 Å². The van der Waals surface area contributed by atoms with Crippen molar-refractivity contribution < 1.29 is 33.3 Å². The number of carbonyl (C=O) groups is 2. The van der Waals surface area contributed by atoms with Crippen molar-refractivity contribution in [3.05, 3.63) is 54.1 Å². The molecule has 2 saturated heterocycles. The molecular formula is C22H24N2O7. The summed E-state index contributed by atoms with van der Waals surface area (Å²) in [7, 11) is 3.14. The van der Waals surface area contributed by atoms with Gasteiger partial charge in [0.2, 0.25) is 0 Å². The minimum absolute atomic E-state index is 0.195. The first-order valence-electron chi connectivity index (χ1n) is 9.87. The Balaban J connectivity index is 1.30. The molecule has 9 heteroatoms. The third-order valence-electron chi connectivity index (χ3n) is 5.27. The van der Waals surface area contributed by atoms with Gasteiger partial charge in [0.15, 0.2) is 6.10 Å². The molecule has 2 aromatic rings. The van der Waals surface area contributed by atoms with Crippen molar-refractivity contribution in [3.63, 3.8) is 0 Å². The zero-order valence-corrected chi connectivity index (χ0v) is 17.2. The van der Waals surface area contributed by atoms with Crippen LogP contribution in [0.4, 0.5) is 10.5 Å². The van der Waals surface area contributed by atoms with Crippen LogP contribution in [0.2, 0.25) is 0 Å². The number of rotatable bonds is 6. The molecule has 2 heterocycles. The van der Waals surface area contributed by atoms with Crippen molar-refractivity contribution in [2.75, 3.05) is 32.8 Å². The van der Waals surface area contributed by atoms with E-state index in [-0.39, 0.29) is 31.3 Å². The van der Waals surface area contributed by atoms with Gasteiger partial charge in [0, 0.05) is 11.3 Å². The number of methoxy groups -OCH3 is 2. The number of nitrogens with one attached hydrogen (secondary N) is 2. The Morgan fingerprint density at radius 2 is 1.48 bits per heavy atom. The van der Waals surface area contributed by atoms with Gasteiger partial charge >= 0.3 is 6.09 Å².